The van der Waals surface area contributed by atoms with Gasteiger partial charge in [0, 0.05) is 76.0 Å². The number of carbonyl (C=O) groups excluding carboxylic acids is 3. The number of nitrogens with zero attached hydrogens (tertiary/aromatic N) is 6. The molecule has 5 heterocycles. The van der Waals surface area contributed by atoms with Gasteiger partial charge >= 0.3 is 0 Å². The molecule has 0 bridgehead atoms. The number of nitrogens with one attached hydrogen (secondary N) is 3. The third-order valence-corrected chi connectivity index (χ3v) is 10.9. The Hall–Kier alpha value is -5.41. The van der Waals surface area contributed by atoms with Crippen LogP contribution in [0.3, 0.4) is 0 Å². The second kappa shape index (κ2) is 16.1. The Morgan fingerprint density at radius 1 is 1.02 bits per heavy atom. The van der Waals surface area contributed by atoms with Crippen LogP contribution in [0.5, 0.6) is 0 Å². The van der Waals surface area contributed by atoms with Crippen LogP contribution in [0.25, 0.3) is 11.1 Å². The zero-order chi connectivity index (χ0) is 38.8. The van der Waals surface area contributed by atoms with Gasteiger partial charge < -0.3 is 47.1 Å². The van der Waals surface area contributed by atoms with E-state index in [0.29, 0.717) is 49.2 Å². The highest BCUT2D eigenvalue weighted by molar-refractivity contribution is 5.96. The highest BCUT2D eigenvalue weighted by Gasteiger charge is 2.38. The van der Waals surface area contributed by atoms with Crippen LogP contribution in [0.4, 0.5) is 11.4 Å². The maximum absolute atomic E-state index is 13.0. The molecule has 2 saturated heterocycles. The van der Waals surface area contributed by atoms with Gasteiger partial charge in [-0.2, -0.15) is 5.10 Å². The van der Waals surface area contributed by atoms with Gasteiger partial charge in [-0.1, -0.05) is 25.1 Å². The normalized spacial score (nSPS) is 21.3. The van der Waals surface area contributed by atoms with Gasteiger partial charge in [0.25, 0.3) is 11.8 Å². The third-order valence-electron chi connectivity index (χ3n) is 10.9. The molecule has 2 amide bonds. The molecule has 15 heteroatoms. The number of para-hydroxylation sites is 1. The van der Waals surface area contributed by atoms with E-state index in [2.05, 4.69) is 55.5 Å². The SMILES string of the molecule is CC[C@@H]1c2c(cnn2C2CN(Cc3cccc(C(=O)N4CCC(O)C4)n3)C2)-c2cccc(NC(/C=C(\N)NC)=C(/N)C(=O)NC3CC3)c2N1C.O=CC1CC1. The first-order valence-corrected chi connectivity index (χ1v) is 19.4. The van der Waals surface area contributed by atoms with Crippen LogP contribution < -0.4 is 32.3 Å². The van der Waals surface area contributed by atoms with Crippen LogP contribution in [-0.4, -0.2) is 100 Å². The van der Waals surface area contributed by atoms with E-state index in [1.54, 1.807) is 24.1 Å². The number of hydrogen-bond acceptors (Lipinski definition) is 12. The largest absolute Gasteiger partial charge is 0.393 e. The number of likely N-dealkylation sites (tertiary alicyclic amines) is 2. The molecule has 0 spiro atoms. The quantitative estimate of drug-likeness (QED) is 0.0900. The second-order valence-corrected chi connectivity index (χ2v) is 15.2. The maximum Gasteiger partial charge on any atom is 0.272 e. The number of β-amino-alcohol motifs (C(OH)–C–C–N with tert-alkyl or cyclic N) is 1. The number of aldehydes is 1. The standard InChI is InChI=1S/C36H47N11O3.C4H6O/c1-4-30-34-26(16-40-47(34)23-18-45(19-23)17-22-7-5-10-28(41-22)36(50)46-14-13-24(48)20-46)25-8-6-9-27(33(25)44(30)3)43-29(15-31(37)39-2)32(38)35(49)42-21-11-12-21;5-3-4-1-2-4/h5-10,15-16,21,23-24,30,39,43,48H,4,11-14,17-20,37-38H2,1-3H3,(H,42,49);3-4H,1-2H2/b31-15+,32-29+;/t24?,30-;/m1./s1. The van der Waals surface area contributed by atoms with Gasteiger partial charge in [0.15, 0.2) is 0 Å². The molecule has 2 aromatic heterocycles. The van der Waals surface area contributed by atoms with E-state index in [4.69, 9.17) is 16.6 Å². The molecule has 3 aliphatic heterocycles. The Bertz CT molecular complexity index is 1980. The van der Waals surface area contributed by atoms with E-state index in [0.717, 1.165) is 79.7 Å². The first-order chi connectivity index (χ1) is 26.6. The van der Waals surface area contributed by atoms with Gasteiger partial charge in [0.1, 0.15) is 17.7 Å². The highest BCUT2D eigenvalue weighted by Crippen LogP contribution is 2.49. The second-order valence-electron chi connectivity index (χ2n) is 15.2. The number of allylic oxidation sites excluding steroid dienone is 1. The predicted molar refractivity (Wildman–Crippen MR) is 210 cm³/mol. The summed E-state index contributed by atoms with van der Waals surface area (Å²) in [6, 6.07) is 12.1. The van der Waals surface area contributed by atoms with E-state index in [1.165, 1.54) is 5.69 Å². The number of carbonyl (C=O) groups is 3. The summed E-state index contributed by atoms with van der Waals surface area (Å²) in [5.74, 6) is 0.375. The molecule has 2 saturated carbocycles. The number of nitrogens with two attached hydrogens (primary N) is 2. The van der Waals surface area contributed by atoms with E-state index in [9.17, 15) is 19.5 Å². The number of rotatable bonds is 12. The summed E-state index contributed by atoms with van der Waals surface area (Å²) in [6.07, 6.45) is 9.85. The summed E-state index contributed by atoms with van der Waals surface area (Å²) >= 11 is 0. The Morgan fingerprint density at radius 3 is 2.42 bits per heavy atom. The monoisotopic (exact) mass is 751 g/mol. The highest BCUT2D eigenvalue weighted by atomic mass is 16.3. The van der Waals surface area contributed by atoms with Crippen molar-refractivity contribution < 1.29 is 19.5 Å². The minimum atomic E-state index is -0.460. The molecule has 2 atom stereocenters. The molecule has 0 radical (unpaired) electrons. The van der Waals surface area contributed by atoms with Crippen LogP contribution >= 0.6 is 0 Å². The number of aromatic nitrogens is 3. The minimum absolute atomic E-state index is 0.0614. The van der Waals surface area contributed by atoms with Crippen LogP contribution in [0.2, 0.25) is 0 Å². The molecule has 292 valence electrons. The summed E-state index contributed by atoms with van der Waals surface area (Å²) in [5.41, 5.74) is 19.4. The number of fused-ring (bicyclic) bond motifs is 3. The molecule has 8 N–H and O–H groups in total. The van der Waals surface area contributed by atoms with E-state index < -0.39 is 6.10 Å². The number of hydrogen-bond donors (Lipinski definition) is 6. The molecule has 3 aromatic rings. The first-order valence-electron chi connectivity index (χ1n) is 19.4. The average molecular weight is 752 g/mol. The summed E-state index contributed by atoms with van der Waals surface area (Å²) in [4.78, 5) is 46.4. The fourth-order valence-corrected chi connectivity index (χ4v) is 7.48. The van der Waals surface area contributed by atoms with Crippen LogP contribution in [0.15, 0.2) is 65.9 Å². The fraction of sp³-hybridized carbons (Fsp3) is 0.475. The van der Waals surface area contributed by atoms with Crippen molar-refractivity contribution in [2.24, 2.45) is 17.4 Å². The molecule has 2 aliphatic carbocycles. The molecule has 8 rings (SSSR count). The molecular formula is C40H53N11O4. The van der Waals surface area contributed by atoms with Crippen molar-refractivity contribution in [1.82, 2.24) is 35.2 Å². The van der Waals surface area contributed by atoms with Gasteiger partial charge in [0.2, 0.25) is 0 Å². The number of anilines is 2. The topological polar surface area (TPSA) is 200 Å². The fourth-order valence-electron chi connectivity index (χ4n) is 7.48. The molecule has 1 unspecified atom stereocenters. The van der Waals surface area contributed by atoms with Gasteiger partial charge in [-0.3, -0.25) is 19.2 Å². The molecule has 55 heavy (non-hydrogen) atoms. The van der Waals surface area contributed by atoms with Crippen molar-refractivity contribution >= 4 is 29.5 Å². The molecule has 5 aliphatic rings. The number of aliphatic hydroxyl groups excluding tert-OH is 1. The lowest BCUT2D eigenvalue weighted by molar-refractivity contribution is -0.117. The zero-order valence-corrected chi connectivity index (χ0v) is 31.9. The number of benzene rings is 1. The smallest absolute Gasteiger partial charge is 0.272 e. The number of aliphatic hydroxyl groups is 1. The Balaban J connectivity index is 0.000000862. The van der Waals surface area contributed by atoms with Crippen molar-refractivity contribution in [3.8, 4) is 11.1 Å². The minimum Gasteiger partial charge on any atom is -0.393 e. The summed E-state index contributed by atoms with van der Waals surface area (Å²) in [5, 5.41) is 24.1. The number of amides is 2. The predicted octanol–water partition coefficient (Wildman–Crippen LogP) is 2.59. The summed E-state index contributed by atoms with van der Waals surface area (Å²) in [6.45, 7) is 5.37. The summed E-state index contributed by atoms with van der Waals surface area (Å²) < 4.78 is 2.19. The van der Waals surface area contributed by atoms with E-state index >= 15 is 0 Å². The van der Waals surface area contributed by atoms with Crippen molar-refractivity contribution in [1.29, 1.82) is 0 Å². The van der Waals surface area contributed by atoms with E-state index in [-0.39, 0.29) is 35.6 Å². The lowest BCUT2D eigenvalue weighted by Gasteiger charge is -2.43. The Kier molecular flexibility index (Phi) is 11.1. The molecular weight excluding hydrogens is 699 g/mol. The Morgan fingerprint density at radius 2 is 1.78 bits per heavy atom. The summed E-state index contributed by atoms with van der Waals surface area (Å²) in [7, 11) is 3.81. The van der Waals surface area contributed by atoms with Crippen molar-refractivity contribution in [2.45, 2.75) is 76.2 Å². The van der Waals surface area contributed by atoms with Crippen LogP contribution in [0, 0.1) is 5.92 Å². The lowest BCUT2D eigenvalue weighted by Crippen LogP contribution is -2.48. The van der Waals surface area contributed by atoms with Crippen molar-refractivity contribution in [3.05, 3.63) is 83.0 Å². The van der Waals surface area contributed by atoms with Crippen LogP contribution in [-0.2, 0) is 16.1 Å². The lowest BCUT2D eigenvalue weighted by atomic mass is 9.91. The van der Waals surface area contributed by atoms with Crippen LogP contribution in [0.1, 0.15) is 79.4 Å². The van der Waals surface area contributed by atoms with Crippen molar-refractivity contribution in [2.75, 3.05) is 50.5 Å². The third kappa shape index (κ3) is 8.32. The Labute approximate surface area is 321 Å². The van der Waals surface area contributed by atoms with Gasteiger partial charge in [-0.05, 0) is 56.7 Å². The van der Waals surface area contributed by atoms with E-state index in [1.807, 2.05) is 30.5 Å². The first kappa shape index (κ1) is 37.9. The number of pyridine rings is 1. The molecule has 1 aromatic carbocycles. The average Bonchev–Trinajstić information content (AvgIpc) is 4.10. The van der Waals surface area contributed by atoms with Gasteiger partial charge in [0.05, 0.1) is 58.7 Å². The zero-order valence-electron chi connectivity index (χ0n) is 31.9. The van der Waals surface area contributed by atoms with Gasteiger partial charge in [-0.15, -0.1) is 0 Å². The van der Waals surface area contributed by atoms with Gasteiger partial charge in [-0.25, -0.2) is 4.98 Å². The van der Waals surface area contributed by atoms with Crippen molar-refractivity contribution in [3.63, 3.8) is 0 Å². The maximum atomic E-state index is 13.0. The molecule has 15 nitrogen and oxygen atoms in total. The molecule has 4 fully saturated rings.